The molecule has 1 heterocycles. The average Bonchev–Trinajstić information content (AvgIpc) is 2.67. The molecule has 0 amide bonds. The first-order valence-electron chi connectivity index (χ1n) is 9.33. The van der Waals surface area contributed by atoms with Crippen LogP contribution < -0.4 is 4.90 Å². The third-order valence-electron chi connectivity index (χ3n) is 4.83. The van der Waals surface area contributed by atoms with E-state index < -0.39 is 8.56 Å². The lowest BCUT2D eigenvalue weighted by Crippen LogP contribution is -2.48. The van der Waals surface area contributed by atoms with Crippen LogP contribution in [0.3, 0.4) is 0 Å². The second-order valence-corrected chi connectivity index (χ2v) is 10.4. The van der Waals surface area contributed by atoms with Crippen LogP contribution in [-0.2, 0) is 20.1 Å². The molecule has 140 valence electrons. The van der Waals surface area contributed by atoms with E-state index in [1.54, 1.807) is 7.11 Å². The number of anilines is 1. The molecule has 1 aliphatic heterocycles. The molecule has 2 unspecified atom stereocenters. The van der Waals surface area contributed by atoms with Crippen LogP contribution in [0.5, 0.6) is 0 Å². The molecule has 0 N–H and O–H groups in total. The van der Waals surface area contributed by atoms with E-state index in [4.69, 9.17) is 13.6 Å². The highest BCUT2D eigenvalue weighted by Crippen LogP contribution is 2.23. The summed E-state index contributed by atoms with van der Waals surface area (Å²) in [7, 11) is -0.340. The van der Waals surface area contributed by atoms with E-state index in [1.807, 2.05) is 0 Å². The van der Waals surface area contributed by atoms with Gasteiger partial charge < -0.3 is 18.5 Å². The van der Waals surface area contributed by atoms with E-state index in [2.05, 4.69) is 72.1 Å². The minimum atomic E-state index is -2.12. The highest BCUT2D eigenvalue weighted by molar-refractivity contribution is 6.66. The fraction of sp³-hybridized carbons (Fsp3) is 0.429. The van der Waals surface area contributed by atoms with Gasteiger partial charge in [-0.15, -0.1) is 0 Å². The van der Waals surface area contributed by atoms with Crippen LogP contribution in [0.25, 0.3) is 0 Å². The van der Waals surface area contributed by atoms with Crippen molar-refractivity contribution in [3.8, 4) is 0 Å². The van der Waals surface area contributed by atoms with Crippen molar-refractivity contribution in [1.82, 2.24) is 0 Å². The first-order valence-corrected chi connectivity index (χ1v) is 11.9. The fourth-order valence-corrected chi connectivity index (χ4v) is 5.40. The van der Waals surface area contributed by atoms with Crippen molar-refractivity contribution >= 4 is 14.2 Å². The maximum absolute atomic E-state index is 6.47. The van der Waals surface area contributed by atoms with Crippen LogP contribution in [0, 0.1) is 0 Å². The highest BCUT2D eigenvalue weighted by atomic mass is 28.4. The maximum Gasteiger partial charge on any atom is 0.335 e. The Kier molecular flexibility index (Phi) is 6.85. The summed E-state index contributed by atoms with van der Waals surface area (Å²) in [4.78, 5) is 2.37. The highest BCUT2D eigenvalue weighted by Gasteiger charge is 2.35. The van der Waals surface area contributed by atoms with Gasteiger partial charge in [0.1, 0.15) is 0 Å². The monoisotopic (exact) mass is 371 g/mol. The van der Waals surface area contributed by atoms with Crippen molar-refractivity contribution in [3.05, 3.63) is 66.2 Å². The molecule has 0 radical (unpaired) electrons. The van der Waals surface area contributed by atoms with Gasteiger partial charge in [-0.2, -0.15) is 0 Å². The number of hydrogen-bond donors (Lipinski definition) is 0. The predicted molar refractivity (Wildman–Crippen MR) is 108 cm³/mol. The Morgan fingerprint density at radius 2 is 1.77 bits per heavy atom. The number of rotatable bonds is 6. The molecule has 3 rings (SSSR count). The Balaban J connectivity index is 1.77. The molecular weight excluding hydrogens is 342 g/mol. The molecular formula is C21H29NO3Si. The molecule has 2 aromatic carbocycles. The number of para-hydroxylation sites is 1. The van der Waals surface area contributed by atoms with E-state index in [0.717, 1.165) is 32.2 Å². The van der Waals surface area contributed by atoms with E-state index in [-0.39, 0.29) is 6.10 Å². The summed E-state index contributed by atoms with van der Waals surface area (Å²) in [5, 5.41) is 0. The topological polar surface area (TPSA) is 30.9 Å². The van der Waals surface area contributed by atoms with E-state index >= 15 is 0 Å². The van der Waals surface area contributed by atoms with Crippen molar-refractivity contribution < 1.29 is 13.6 Å². The lowest BCUT2D eigenvalue weighted by Gasteiger charge is -2.36. The van der Waals surface area contributed by atoms with Crippen LogP contribution in [0.15, 0.2) is 60.7 Å². The molecule has 0 bridgehead atoms. The van der Waals surface area contributed by atoms with Gasteiger partial charge in [0.25, 0.3) is 0 Å². The minimum Gasteiger partial charge on any atom is -0.398 e. The second kappa shape index (κ2) is 9.32. The molecule has 1 aliphatic rings. The van der Waals surface area contributed by atoms with Crippen molar-refractivity contribution in [2.75, 3.05) is 31.8 Å². The molecule has 0 saturated carbocycles. The Bertz CT molecular complexity index is 655. The number of ether oxygens (including phenoxy) is 1. The first kappa shape index (κ1) is 19.1. The molecule has 0 aromatic heterocycles. The Morgan fingerprint density at radius 3 is 2.46 bits per heavy atom. The zero-order valence-electron chi connectivity index (χ0n) is 15.8. The summed E-state index contributed by atoms with van der Waals surface area (Å²) in [6, 6.07) is 22.0. The molecule has 0 spiro atoms. The third-order valence-corrected chi connectivity index (χ3v) is 7.79. The maximum atomic E-state index is 6.47. The average molecular weight is 372 g/mol. The lowest BCUT2D eigenvalue weighted by atomic mass is 10.2. The number of benzene rings is 2. The lowest BCUT2D eigenvalue weighted by molar-refractivity contribution is 0.0208. The Labute approximate surface area is 157 Å². The van der Waals surface area contributed by atoms with Gasteiger partial charge in [0, 0.05) is 32.5 Å². The third kappa shape index (κ3) is 5.41. The molecule has 2 aromatic rings. The zero-order valence-corrected chi connectivity index (χ0v) is 16.8. The molecule has 0 aliphatic carbocycles. The molecule has 1 saturated heterocycles. The van der Waals surface area contributed by atoms with Gasteiger partial charge >= 0.3 is 8.56 Å². The molecule has 5 heteroatoms. The number of nitrogens with zero attached hydrogens (tertiary/aromatic N) is 1. The smallest absolute Gasteiger partial charge is 0.335 e. The summed E-state index contributed by atoms with van der Waals surface area (Å²) in [6.07, 6.45) is 1.02. The van der Waals surface area contributed by atoms with Crippen molar-refractivity contribution in [2.45, 2.75) is 31.7 Å². The first-order chi connectivity index (χ1) is 12.7. The summed E-state index contributed by atoms with van der Waals surface area (Å²) in [6.45, 7) is 5.19. The summed E-state index contributed by atoms with van der Waals surface area (Å²) >= 11 is 0. The van der Waals surface area contributed by atoms with E-state index in [9.17, 15) is 0 Å². The van der Waals surface area contributed by atoms with Gasteiger partial charge in [-0.3, -0.25) is 0 Å². The Hall–Kier alpha value is -1.66. The van der Waals surface area contributed by atoms with E-state index in [1.165, 1.54) is 11.3 Å². The largest absolute Gasteiger partial charge is 0.398 e. The fourth-order valence-electron chi connectivity index (χ4n) is 3.35. The SMILES string of the molecule is CO[Si]1(C)CCCOCC(CN(Cc2ccccc2)c2ccccc2)O1. The second-order valence-electron chi connectivity index (χ2n) is 6.96. The van der Waals surface area contributed by atoms with Crippen LogP contribution in [-0.4, -0.2) is 41.5 Å². The van der Waals surface area contributed by atoms with Gasteiger partial charge in [0.2, 0.25) is 0 Å². The molecule has 1 fully saturated rings. The van der Waals surface area contributed by atoms with Crippen LogP contribution in [0.2, 0.25) is 12.6 Å². The summed E-state index contributed by atoms with van der Waals surface area (Å²) < 4.78 is 18.1. The van der Waals surface area contributed by atoms with Gasteiger partial charge in [-0.1, -0.05) is 48.5 Å². The number of hydrogen-bond acceptors (Lipinski definition) is 4. The quantitative estimate of drug-likeness (QED) is 0.712. The van der Waals surface area contributed by atoms with Crippen LogP contribution >= 0.6 is 0 Å². The van der Waals surface area contributed by atoms with Gasteiger partial charge in [-0.05, 0) is 36.7 Å². The van der Waals surface area contributed by atoms with Gasteiger partial charge in [0.05, 0.1) is 12.7 Å². The summed E-state index contributed by atoms with van der Waals surface area (Å²) in [5.41, 5.74) is 2.48. The summed E-state index contributed by atoms with van der Waals surface area (Å²) in [5.74, 6) is 0. The molecule has 26 heavy (non-hydrogen) atoms. The van der Waals surface area contributed by atoms with Crippen molar-refractivity contribution in [2.24, 2.45) is 0 Å². The molecule has 2 atom stereocenters. The van der Waals surface area contributed by atoms with Crippen LogP contribution in [0.1, 0.15) is 12.0 Å². The standard InChI is InChI=1S/C21H29NO3Si/c1-23-26(2)15-9-14-24-18-21(25-26)17-22(20-12-7-4-8-13-20)16-19-10-5-3-6-11-19/h3-8,10-13,21H,9,14-18H2,1-2H3. The van der Waals surface area contributed by atoms with Gasteiger partial charge in [-0.25, -0.2) is 0 Å². The van der Waals surface area contributed by atoms with Crippen molar-refractivity contribution in [3.63, 3.8) is 0 Å². The minimum absolute atomic E-state index is 0.0100. The molecule has 4 nitrogen and oxygen atoms in total. The van der Waals surface area contributed by atoms with Crippen LogP contribution in [0.4, 0.5) is 5.69 Å². The zero-order chi connectivity index (χ0) is 18.2. The normalized spacial score (nSPS) is 23.8. The van der Waals surface area contributed by atoms with E-state index in [0.29, 0.717) is 6.61 Å². The predicted octanol–water partition coefficient (Wildman–Crippen LogP) is 4.22. The van der Waals surface area contributed by atoms with Crippen molar-refractivity contribution in [1.29, 1.82) is 0 Å². The Morgan fingerprint density at radius 1 is 1.08 bits per heavy atom. The van der Waals surface area contributed by atoms with Gasteiger partial charge in [0.15, 0.2) is 0 Å².